The van der Waals surface area contributed by atoms with Crippen molar-refractivity contribution < 1.29 is 13.2 Å². The Morgan fingerprint density at radius 3 is 2.58 bits per heavy atom. The van der Waals surface area contributed by atoms with Crippen LogP contribution in [0.3, 0.4) is 0 Å². The smallest absolute Gasteiger partial charge is 0.282 e. The van der Waals surface area contributed by atoms with E-state index in [0.717, 1.165) is 12.8 Å². The van der Waals surface area contributed by atoms with Gasteiger partial charge in [0.2, 0.25) is 5.95 Å². The zero-order valence-electron chi connectivity index (χ0n) is 14.0. The van der Waals surface area contributed by atoms with Crippen molar-refractivity contribution in [3.8, 4) is 0 Å². The lowest BCUT2D eigenvalue weighted by molar-refractivity contribution is 0.0705. The molecule has 2 fully saturated rings. The average Bonchev–Trinajstić information content (AvgIpc) is 3.00. The van der Waals surface area contributed by atoms with E-state index in [2.05, 4.69) is 22.2 Å². The number of anilines is 1. The molecule has 2 aliphatic heterocycles. The van der Waals surface area contributed by atoms with E-state index in [1.165, 1.54) is 4.31 Å². The van der Waals surface area contributed by atoms with Crippen molar-refractivity contribution in [2.45, 2.75) is 25.8 Å². The van der Waals surface area contributed by atoms with Crippen molar-refractivity contribution in [3.63, 3.8) is 0 Å². The highest BCUT2D eigenvalue weighted by molar-refractivity contribution is 7.86. The summed E-state index contributed by atoms with van der Waals surface area (Å²) in [5, 5.41) is 3.31. The normalized spacial score (nSPS) is 26.5. The molecule has 134 valence electrons. The first kappa shape index (κ1) is 17.5. The molecule has 0 amide bonds. The molecule has 0 radical (unpaired) electrons. The van der Waals surface area contributed by atoms with Gasteiger partial charge in [-0.05, 0) is 18.4 Å². The molecule has 0 spiro atoms. The average molecular weight is 355 g/mol. The zero-order valence-corrected chi connectivity index (χ0v) is 14.8. The fourth-order valence-corrected chi connectivity index (χ4v) is 4.99. The molecule has 1 aromatic rings. The fourth-order valence-electron chi connectivity index (χ4n) is 3.33. The van der Waals surface area contributed by atoms with Crippen molar-refractivity contribution in [1.82, 2.24) is 18.6 Å². The van der Waals surface area contributed by atoms with Gasteiger partial charge in [0.15, 0.2) is 0 Å². The van der Waals surface area contributed by atoms with Crippen LogP contribution in [0.5, 0.6) is 0 Å². The minimum atomic E-state index is -3.43. The van der Waals surface area contributed by atoms with Crippen molar-refractivity contribution in [1.29, 1.82) is 0 Å². The third kappa shape index (κ3) is 3.85. The molecule has 0 unspecified atom stereocenters. The van der Waals surface area contributed by atoms with Crippen LogP contribution >= 0.6 is 0 Å². The molecule has 3 heterocycles. The first-order chi connectivity index (χ1) is 11.6. The van der Waals surface area contributed by atoms with E-state index in [9.17, 15) is 8.42 Å². The molecule has 0 aliphatic carbocycles. The van der Waals surface area contributed by atoms with E-state index >= 15 is 0 Å². The maximum Gasteiger partial charge on any atom is 0.282 e. The summed E-state index contributed by atoms with van der Waals surface area (Å²) in [6, 6.07) is 1.79. The van der Waals surface area contributed by atoms with Crippen molar-refractivity contribution in [2.24, 2.45) is 5.92 Å². The lowest BCUT2D eigenvalue weighted by Crippen LogP contribution is -2.48. The molecule has 8 nitrogen and oxygen atoms in total. The molecule has 2 aliphatic rings. The monoisotopic (exact) mass is 355 g/mol. The SMILES string of the molecule is CCC[C@@H]1CN(S(=O)(=O)N2CCOCC2)C[C@H]1Nc1ncccn1. The molecule has 0 bridgehead atoms. The second-order valence-corrected chi connectivity index (χ2v) is 8.14. The topological polar surface area (TPSA) is 87.7 Å². The van der Waals surface area contributed by atoms with Gasteiger partial charge in [-0.2, -0.15) is 17.0 Å². The van der Waals surface area contributed by atoms with E-state index in [-0.39, 0.29) is 12.0 Å². The Labute approximate surface area is 143 Å². The van der Waals surface area contributed by atoms with Crippen LogP contribution < -0.4 is 5.32 Å². The Morgan fingerprint density at radius 2 is 1.92 bits per heavy atom. The van der Waals surface area contributed by atoms with Gasteiger partial charge in [-0.25, -0.2) is 9.97 Å². The summed E-state index contributed by atoms with van der Waals surface area (Å²) in [6.07, 6.45) is 5.35. The summed E-state index contributed by atoms with van der Waals surface area (Å²) in [5.41, 5.74) is 0. The van der Waals surface area contributed by atoms with Crippen molar-refractivity contribution >= 4 is 16.2 Å². The largest absolute Gasteiger partial charge is 0.379 e. The number of morpholine rings is 1. The van der Waals surface area contributed by atoms with Gasteiger partial charge < -0.3 is 10.1 Å². The van der Waals surface area contributed by atoms with Crippen LogP contribution in [0.15, 0.2) is 18.5 Å². The lowest BCUT2D eigenvalue weighted by atomic mass is 9.98. The van der Waals surface area contributed by atoms with Gasteiger partial charge in [0, 0.05) is 44.6 Å². The third-order valence-corrected chi connectivity index (χ3v) is 6.54. The van der Waals surface area contributed by atoms with Gasteiger partial charge in [-0.3, -0.25) is 0 Å². The van der Waals surface area contributed by atoms with Crippen molar-refractivity contribution in [2.75, 3.05) is 44.7 Å². The first-order valence-electron chi connectivity index (χ1n) is 8.47. The van der Waals surface area contributed by atoms with Crippen molar-refractivity contribution in [3.05, 3.63) is 18.5 Å². The predicted octanol–water partition coefficient (Wildman–Crippen LogP) is 0.566. The Bertz CT molecular complexity index is 621. The zero-order chi connectivity index (χ0) is 17.0. The number of nitrogens with zero attached hydrogens (tertiary/aromatic N) is 4. The van der Waals surface area contributed by atoms with E-state index < -0.39 is 10.2 Å². The highest BCUT2D eigenvalue weighted by atomic mass is 32.2. The van der Waals surface area contributed by atoms with Gasteiger partial charge in [0.1, 0.15) is 0 Å². The third-order valence-electron chi connectivity index (χ3n) is 4.57. The molecule has 0 saturated carbocycles. The highest BCUT2D eigenvalue weighted by Gasteiger charge is 2.41. The van der Waals surface area contributed by atoms with Gasteiger partial charge in [0.25, 0.3) is 10.2 Å². The number of hydrogen-bond donors (Lipinski definition) is 1. The van der Waals surface area contributed by atoms with E-state index in [0.29, 0.717) is 45.3 Å². The molecule has 9 heteroatoms. The molecule has 1 N–H and O–H groups in total. The van der Waals surface area contributed by atoms with Crippen LogP contribution in [0, 0.1) is 5.92 Å². The van der Waals surface area contributed by atoms with E-state index in [4.69, 9.17) is 4.74 Å². The van der Waals surface area contributed by atoms with Crippen LogP contribution in [-0.2, 0) is 14.9 Å². The van der Waals surface area contributed by atoms with Crippen LogP contribution in [0.25, 0.3) is 0 Å². The van der Waals surface area contributed by atoms with E-state index in [1.54, 1.807) is 22.8 Å². The predicted molar refractivity (Wildman–Crippen MR) is 90.7 cm³/mol. The fraction of sp³-hybridized carbons (Fsp3) is 0.733. The van der Waals surface area contributed by atoms with Gasteiger partial charge in [0.05, 0.1) is 13.2 Å². The number of nitrogens with one attached hydrogen (secondary N) is 1. The number of aromatic nitrogens is 2. The maximum atomic E-state index is 12.9. The second-order valence-electron chi connectivity index (χ2n) is 6.21. The summed E-state index contributed by atoms with van der Waals surface area (Å²) in [6.45, 7) is 4.89. The molecular weight excluding hydrogens is 330 g/mol. The summed E-state index contributed by atoms with van der Waals surface area (Å²) in [7, 11) is -3.43. The quantitative estimate of drug-likeness (QED) is 0.802. The van der Waals surface area contributed by atoms with Crippen LogP contribution in [-0.4, -0.2) is 72.4 Å². The Morgan fingerprint density at radius 1 is 1.21 bits per heavy atom. The molecule has 3 rings (SSSR count). The first-order valence-corrected chi connectivity index (χ1v) is 9.87. The molecule has 0 aromatic carbocycles. The molecule has 1 aromatic heterocycles. The van der Waals surface area contributed by atoms with Gasteiger partial charge >= 0.3 is 0 Å². The molecule has 24 heavy (non-hydrogen) atoms. The Balaban J connectivity index is 1.71. The van der Waals surface area contributed by atoms with E-state index in [1.807, 2.05) is 0 Å². The lowest BCUT2D eigenvalue weighted by Gasteiger charge is -2.30. The minimum Gasteiger partial charge on any atom is -0.379 e. The molecule has 2 atom stereocenters. The Hall–Kier alpha value is -1.29. The minimum absolute atomic E-state index is 0.0307. The summed E-state index contributed by atoms with van der Waals surface area (Å²) in [4.78, 5) is 8.39. The summed E-state index contributed by atoms with van der Waals surface area (Å²) >= 11 is 0. The standard InChI is InChI=1S/C15H25N5O3S/c1-2-4-13-11-20(24(21,22)19-7-9-23-10-8-19)12-14(13)18-15-16-5-3-6-17-15/h3,5-6,13-14H,2,4,7-12H2,1H3,(H,16,17,18)/t13-,14-/m1/s1. The second kappa shape index (κ2) is 7.73. The van der Waals surface area contributed by atoms with Crippen LogP contribution in [0.2, 0.25) is 0 Å². The highest BCUT2D eigenvalue weighted by Crippen LogP contribution is 2.27. The number of ether oxygens (including phenoxy) is 1. The summed E-state index contributed by atoms with van der Waals surface area (Å²) < 4.78 is 34.1. The van der Waals surface area contributed by atoms with Gasteiger partial charge in [-0.1, -0.05) is 13.3 Å². The van der Waals surface area contributed by atoms with Crippen LogP contribution in [0.1, 0.15) is 19.8 Å². The number of hydrogen-bond acceptors (Lipinski definition) is 6. The Kier molecular flexibility index (Phi) is 5.65. The molecule has 2 saturated heterocycles. The van der Waals surface area contributed by atoms with Gasteiger partial charge in [-0.15, -0.1) is 0 Å². The van der Waals surface area contributed by atoms with Crippen LogP contribution in [0.4, 0.5) is 5.95 Å². The number of rotatable bonds is 6. The maximum absolute atomic E-state index is 12.9. The molecular formula is C15H25N5O3S. The summed E-state index contributed by atoms with van der Waals surface area (Å²) in [5.74, 6) is 0.809.